The topological polar surface area (TPSA) is 47.6 Å². The molecule has 4 rings (SSSR count). The van der Waals surface area contributed by atoms with Gasteiger partial charge in [-0.1, -0.05) is 138 Å². The highest BCUT2D eigenvalue weighted by Gasteiger charge is 2.35. The molecule has 2 aromatic rings. The molecule has 35 heavy (non-hydrogen) atoms. The van der Waals surface area contributed by atoms with Gasteiger partial charge in [0.2, 0.25) is 0 Å². The lowest BCUT2D eigenvalue weighted by molar-refractivity contribution is 0.145. The van der Waals surface area contributed by atoms with Crippen LogP contribution in [0.25, 0.3) is 12.2 Å². The van der Waals surface area contributed by atoms with E-state index in [-0.39, 0.29) is 12.2 Å². The molecule has 2 unspecified atom stereocenters. The molecule has 0 saturated carbocycles. The SMILES string of the molecule is CCCCCCCCCCCCNP(=O)(OC1C=Cc2ccccc21)OC1C=Cc2ccccc21. The van der Waals surface area contributed by atoms with Crippen LogP contribution in [0.5, 0.6) is 0 Å². The van der Waals surface area contributed by atoms with E-state index < -0.39 is 7.75 Å². The fourth-order valence-electron chi connectivity index (χ4n) is 4.84. The second kappa shape index (κ2) is 13.4. The quantitative estimate of drug-likeness (QED) is 0.187. The zero-order chi connectivity index (χ0) is 24.3. The van der Waals surface area contributed by atoms with Crippen LogP contribution >= 0.6 is 7.75 Å². The highest BCUT2D eigenvalue weighted by Crippen LogP contribution is 2.54. The molecule has 1 N–H and O–H groups in total. The average Bonchev–Trinajstić information content (AvgIpc) is 3.47. The minimum atomic E-state index is -3.56. The van der Waals surface area contributed by atoms with Gasteiger partial charge < -0.3 is 0 Å². The molecule has 4 nitrogen and oxygen atoms in total. The molecular weight excluding hydrogens is 453 g/mol. The number of hydrogen-bond donors (Lipinski definition) is 1. The standard InChI is InChI=1S/C30H40NO3P/c1-2-3-4-5-6-7-8-9-10-15-24-31-35(32,33-29-22-20-25-16-11-13-18-27(25)29)34-30-23-21-26-17-12-14-19-28(26)30/h11-14,16-23,29-30H,2-10,15,24H2,1H3,(H,31,32). The first-order valence-corrected chi connectivity index (χ1v) is 15.0. The summed E-state index contributed by atoms with van der Waals surface area (Å²) >= 11 is 0. The van der Waals surface area contributed by atoms with E-state index in [0.29, 0.717) is 6.54 Å². The van der Waals surface area contributed by atoms with Crippen LogP contribution in [0, 0.1) is 0 Å². The maximum absolute atomic E-state index is 14.0. The number of benzene rings is 2. The first-order valence-electron chi connectivity index (χ1n) is 13.4. The third kappa shape index (κ3) is 7.51. The van der Waals surface area contributed by atoms with Crippen molar-refractivity contribution >= 4 is 19.9 Å². The summed E-state index contributed by atoms with van der Waals surface area (Å²) in [7, 11) is -3.56. The Morgan fingerprint density at radius 3 is 1.66 bits per heavy atom. The number of nitrogens with one attached hydrogen (secondary N) is 1. The molecule has 2 aliphatic rings. The fourth-order valence-corrected chi connectivity index (χ4v) is 6.44. The molecule has 5 heteroatoms. The lowest BCUT2D eigenvalue weighted by Gasteiger charge is -2.25. The van der Waals surface area contributed by atoms with Gasteiger partial charge in [-0.05, 0) is 28.7 Å². The van der Waals surface area contributed by atoms with Crippen molar-refractivity contribution in [1.82, 2.24) is 5.09 Å². The van der Waals surface area contributed by atoms with Crippen LogP contribution in [0.1, 0.15) is 106 Å². The fraction of sp³-hybridized carbons (Fsp3) is 0.467. The van der Waals surface area contributed by atoms with Crippen LogP contribution in [0.4, 0.5) is 0 Å². The maximum atomic E-state index is 14.0. The molecule has 0 spiro atoms. The minimum absolute atomic E-state index is 0.377. The summed E-state index contributed by atoms with van der Waals surface area (Å²) in [5.74, 6) is 0. The molecule has 2 atom stereocenters. The van der Waals surface area contributed by atoms with Crippen molar-refractivity contribution in [2.45, 2.75) is 83.3 Å². The van der Waals surface area contributed by atoms with E-state index in [1.54, 1.807) is 0 Å². The van der Waals surface area contributed by atoms with Crippen molar-refractivity contribution in [2.75, 3.05) is 6.54 Å². The monoisotopic (exact) mass is 493 g/mol. The number of unbranched alkanes of at least 4 members (excludes halogenated alkanes) is 9. The van der Waals surface area contributed by atoms with Gasteiger partial charge in [0.15, 0.2) is 0 Å². The lowest BCUT2D eigenvalue weighted by Crippen LogP contribution is -2.18. The second-order valence-electron chi connectivity index (χ2n) is 9.62. The highest BCUT2D eigenvalue weighted by atomic mass is 31.2. The van der Waals surface area contributed by atoms with Gasteiger partial charge in [0.05, 0.1) is 0 Å². The van der Waals surface area contributed by atoms with Crippen LogP contribution in [-0.4, -0.2) is 6.54 Å². The third-order valence-corrected chi connectivity index (χ3v) is 8.47. The number of fused-ring (bicyclic) bond motifs is 2. The van der Waals surface area contributed by atoms with Gasteiger partial charge in [-0.15, -0.1) is 0 Å². The van der Waals surface area contributed by atoms with Gasteiger partial charge in [0.25, 0.3) is 0 Å². The smallest absolute Gasteiger partial charge is 0.284 e. The van der Waals surface area contributed by atoms with Crippen LogP contribution in [-0.2, 0) is 13.6 Å². The van der Waals surface area contributed by atoms with E-state index in [2.05, 4.69) is 12.0 Å². The molecule has 0 heterocycles. The minimum Gasteiger partial charge on any atom is -0.284 e. The van der Waals surface area contributed by atoms with E-state index in [4.69, 9.17) is 9.05 Å². The summed E-state index contributed by atoms with van der Waals surface area (Å²) in [6.07, 6.45) is 19.9. The highest BCUT2D eigenvalue weighted by molar-refractivity contribution is 7.51. The van der Waals surface area contributed by atoms with E-state index in [1.165, 1.54) is 51.4 Å². The zero-order valence-corrected chi connectivity index (χ0v) is 21.9. The Hall–Kier alpha value is -1.97. The molecule has 2 aliphatic carbocycles. The molecule has 0 aliphatic heterocycles. The molecule has 0 bridgehead atoms. The molecule has 0 fully saturated rings. The summed E-state index contributed by atoms with van der Waals surface area (Å²) in [5, 5.41) is 3.18. The Morgan fingerprint density at radius 2 is 1.14 bits per heavy atom. The largest absolute Gasteiger partial charge is 0.407 e. The molecule has 0 amide bonds. The van der Waals surface area contributed by atoms with Gasteiger partial charge in [0, 0.05) is 6.54 Å². The van der Waals surface area contributed by atoms with Crippen LogP contribution < -0.4 is 5.09 Å². The Balaban J connectivity index is 1.29. The van der Waals surface area contributed by atoms with Crippen molar-refractivity contribution in [3.63, 3.8) is 0 Å². The molecular formula is C30H40NO3P. The second-order valence-corrected chi connectivity index (χ2v) is 11.3. The zero-order valence-electron chi connectivity index (χ0n) is 21.0. The van der Waals surface area contributed by atoms with E-state index in [9.17, 15) is 4.57 Å². The summed E-state index contributed by atoms with van der Waals surface area (Å²) in [4.78, 5) is 0. The normalized spacial score (nSPS) is 19.6. The predicted octanol–water partition coefficient (Wildman–Crippen LogP) is 9.17. The number of hydrogen-bond acceptors (Lipinski definition) is 3. The Kier molecular flexibility index (Phi) is 9.97. The first-order chi connectivity index (χ1) is 17.2. The first kappa shape index (κ1) is 26.1. The van der Waals surface area contributed by atoms with Gasteiger partial charge in [0.1, 0.15) is 12.2 Å². The molecule has 0 saturated heterocycles. The van der Waals surface area contributed by atoms with Crippen LogP contribution in [0.3, 0.4) is 0 Å². The van der Waals surface area contributed by atoms with E-state index >= 15 is 0 Å². The summed E-state index contributed by atoms with van der Waals surface area (Å²) in [6.45, 7) is 2.87. The predicted molar refractivity (Wildman–Crippen MR) is 146 cm³/mol. The van der Waals surface area contributed by atoms with Crippen molar-refractivity contribution in [2.24, 2.45) is 0 Å². The van der Waals surface area contributed by atoms with Gasteiger partial charge in [-0.2, -0.15) is 0 Å². The van der Waals surface area contributed by atoms with E-state index in [0.717, 1.165) is 35.1 Å². The maximum Gasteiger partial charge on any atom is 0.407 e. The van der Waals surface area contributed by atoms with E-state index in [1.807, 2.05) is 72.8 Å². The Morgan fingerprint density at radius 1 is 0.686 bits per heavy atom. The summed E-state index contributed by atoms with van der Waals surface area (Å²) in [5.41, 5.74) is 4.26. The summed E-state index contributed by atoms with van der Waals surface area (Å²) < 4.78 is 26.4. The van der Waals surface area contributed by atoms with Gasteiger partial charge in [-0.25, -0.2) is 9.65 Å². The number of rotatable bonds is 16. The molecule has 0 radical (unpaired) electrons. The third-order valence-electron chi connectivity index (χ3n) is 6.85. The van der Waals surface area contributed by atoms with Crippen LogP contribution in [0.2, 0.25) is 0 Å². The molecule has 0 aromatic heterocycles. The van der Waals surface area contributed by atoms with Crippen molar-refractivity contribution < 1.29 is 13.6 Å². The van der Waals surface area contributed by atoms with Gasteiger partial charge in [-0.3, -0.25) is 9.05 Å². The lowest BCUT2D eigenvalue weighted by atomic mass is 10.1. The van der Waals surface area contributed by atoms with Crippen molar-refractivity contribution in [3.8, 4) is 0 Å². The molecule has 188 valence electrons. The van der Waals surface area contributed by atoms with Crippen LogP contribution in [0.15, 0.2) is 60.7 Å². The summed E-state index contributed by atoms with van der Waals surface area (Å²) in [6, 6.07) is 16.1. The van der Waals surface area contributed by atoms with Crippen molar-refractivity contribution in [3.05, 3.63) is 82.9 Å². The molecule has 2 aromatic carbocycles. The Bertz CT molecular complexity index is 980. The van der Waals surface area contributed by atoms with Gasteiger partial charge >= 0.3 is 7.75 Å². The Labute approximate surface area is 211 Å². The average molecular weight is 494 g/mol. The van der Waals surface area contributed by atoms with Crippen molar-refractivity contribution in [1.29, 1.82) is 0 Å².